The molecular weight excluding hydrogens is 371 g/mol. The minimum Gasteiger partial charge on any atom is -0.339 e. The van der Waals surface area contributed by atoms with Crippen LogP contribution in [0.1, 0.15) is 24.4 Å². The number of para-hydroxylation sites is 1. The third-order valence-corrected chi connectivity index (χ3v) is 4.61. The molecule has 0 fully saturated rings. The molecule has 0 aliphatic heterocycles. The van der Waals surface area contributed by atoms with Crippen LogP contribution in [0.3, 0.4) is 0 Å². The second kappa shape index (κ2) is 7.11. The van der Waals surface area contributed by atoms with E-state index in [2.05, 4.69) is 10.1 Å². The average molecular weight is 389 g/mol. The fraction of sp³-hybridized carbons (Fsp3) is 0.158. The first-order valence-electron chi connectivity index (χ1n) is 8.02. The second-order valence-corrected chi connectivity index (χ2v) is 6.41. The number of nitrogens with two attached hydrogens (primary N) is 1. The first kappa shape index (κ1) is 18.5. The van der Waals surface area contributed by atoms with Crippen molar-refractivity contribution in [2.24, 2.45) is 5.73 Å². The van der Waals surface area contributed by atoms with Gasteiger partial charge in [-0.25, -0.2) is 0 Å². The highest BCUT2D eigenvalue weighted by Crippen LogP contribution is 2.38. The first-order valence-corrected chi connectivity index (χ1v) is 8.39. The van der Waals surface area contributed by atoms with Crippen molar-refractivity contribution in [3.63, 3.8) is 0 Å². The molecule has 0 radical (unpaired) electrons. The largest absolute Gasteiger partial charge is 0.339 e. The van der Waals surface area contributed by atoms with Crippen molar-refractivity contribution >= 4 is 34.9 Å². The highest BCUT2D eigenvalue weighted by molar-refractivity contribution is 6.38. The van der Waals surface area contributed by atoms with Gasteiger partial charge in [-0.15, -0.1) is 12.4 Å². The van der Waals surface area contributed by atoms with Crippen LogP contribution < -0.4 is 5.73 Å². The standard InChI is InChI=1S/C19H17ClN4O.ClH/c1-11(21)13-7-9-14(10-8-13)24-16-6-4-3-5-15(16)17(20)18(24)19-22-12(2)25-23-19;/h3-11H,21H2,1-2H3;1H. The number of fused-ring (bicyclic) bond motifs is 1. The van der Waals surface area contributed by atoms with E-state index in [4.69, 9.17) is 21.9 Å². The molecule has 0 amide bonds. The van der Waals surface area contributed by atoms with Crippen molar-refractivity contribution in [3.8, 4) is 17.2 Å². The fourth-order valence-electron chi connectivity index (χ4n) is 2.99. The van der Waals surface area contributed by atoms with Crippen molar-refractivity contribution in [2.45, 2.75) is 19.9 Å². The minimum absolute atomic E-state index is 0. The number of rotatable bonds is 3. The molecular formula is C19H18Cl2N4O. The predicted octanol–water partition coefficient (Wildman–Crippen LogP) is 5.08. The highest BCUT2D eigenvalue weighted by atomic mass is 35.5. The molecule has 2 heterocycles. The Bertz CT molecular complexity index is 1050. The monoisotopic (exact) mass is 388 g/mol. The third kappa shape index (κ3) is 2.98. The van der Waals surface area contributed by atoms with Crippen molar-refractivity contribution in [1.82, 2.24) is 14.7 Å². The van der Waals surface area contributed by atoms with Crippen molar-refractivity contribution in [3.05, 3.63) is 65.0 Å². The number of hydrogen-bond donors (Lipinski definition) is 1. The Morgan fingerprint density at radius 2 is 1.81 bits per heavy atom. The van der Waals surface area contributed by atoms with Gasteiger partial charge in [-0.3, -0.25) is 0 Å². The average Bonchev–Trinajstić information content (AvgIpc) is 3.16. The van der Waals surface area contributed by atoms with Crippen molar-refractivity contribution in [1.29, 1.82) is 0 Å². The molecule has 2 aromatic heterocycles. The zero-order valence-electron chi connectivity index (χ0n) is 14.3. The molecule has 0 aliphatic rings. The van der Waals surface area contributed by atoms with Gasteiger partial charge in [0, 0.05) is 24.0 Å². The Kier molecular flexibility index (Phi) is 5.05. The Morgan fingerprint density at radius 3 is 2.42 bits per heavy atom. The van der Waals surface area contributed by atoms with E-state index in [-0.39, 0.29) is 18.4 Å². The Balaban J connectivity index is 0.00000196. The summed E-state index contributed by atoms with van der Waals surface area (Å²) in [5, 5.41) is 5.61. The van der Waals surface area contributed by atoms with Crippen LogP contribution in [0.2, 0.25) is 5.02 Å². The van der Waals surface area contributed by atoms with E-state index in [0.717, 1.165) is 22.2 Å². The van der Waals surface area contributed by atoms with Crippen LogP contribution in [0.5, 0.6) is 0 Å². The van der Waals surface area contributed by atoms with Gasteiger partial charge in [0.2, 0.25) is 11.7 Å². The summed E-state index contributed by atoms with van der Waals surface area (Å²) in [4.78, 5) is 4.37. The second-order valence-electron chi connectivity index (χ2n) is 6.03. The number of aromatic nitrogens is 3. The molecule has 26 heavy (non-hydrogen) atoms. The molecule has 7 heteroatoms. The van der Waals surface area contributed by atoms with E-state index >= 15 is 0 Å². The summed E-state index contributed by atoms with van der Waals surface area (Å²) in [6, 6.07) is 16.0. The molecule has 134 valence electrons. The molecule has 0 bridgehead atoms. The maximum absolute atomic E-state index is 6.68. The lowest BCUT2D eigenvalue weighted by Gasteiger charge is -2.11. The molecule has 4 aromatic rings. The maximum Gasteiger partial charge on any atom is 0.223 e. The molecule has 2 N–H and O–H groups in total. The van der Waals surface area contributed by atoms with E-state index in [0.29, 0.717) is 22.4 Å². The van der Waals surface area contributed by atoms with Gasteiger partial charge in [-0.2, -0.15) is 4.98 Å². The van der Waals surface area contributed by atoms with Crippen molar-refractivity contribution < 1.29 is 4.52 Å². The van der Waals surface area contributed by atoms with Gasteiger partial charge >= 0.3 is 0 Å². The van der Waals surface area contributed by atoms with E-state index in [1.807, 2.05) is 60.0 Å². The van der Waals surface area contributed by atoms with Gasteiger partial charge < -0.3 is 14.8 Å². The van der Waals surface area contributed by atoms with Gasteiger partial charge in [0.25, 0.3) is 0 Å². The Morgan fingerprint density at radius 1 is 1.12 bits per heavy atom. The van der Waals surface area contributed by atoms with Crippen LogP contribution in [0.25, 0.3) is 28.1 Å². The van der Waals surface area contributed by atoms with Crippen LogP contribution in [0, 0.1) is 6.92 Å². The quantitative estimate of drug-likeness (QED) is 0.530. The number of halogens is 2. The topological polar surface area (TPSA) is 69.9 Å². The first-order chi connectivity index (χ1) is 12.1. The fourth-order valence-corrected chi connectivity index (χ4v) is 3.32. The predicted molar refractivity (Wildman–Crippen MR) is 106 cm³/mol. The van der Waals surface area contributed by atoms with Gasteiger partial charge in [0.05, 0.1) is 10.5 Å². The third-order valence-electron chi connectivity index (χ3n) is 4.23. The maximum atomic E-state index is 6.68. The van der Waals surface area contributed by atoms with E-state index in [1.54, 1.807) is 6.92 Å². The molecule has 0 spiro atoms. The van der Waals surface area contributed by atoms with Crippen LogP contribution >= 0.6 is 24.0 Å². The normalized spacial score (nSPS) is 12.2. The smallest absolute Gasteiger partial charge is 0.223 e. The summed E-state index contributed by atoms with van der Waals surface area (Å²) >= 11 is 6.68. The number of hydrogen-bond acceptors (Lipinski definition) is 4. The summed E-state index contributed by atoms with van der Waals surface area (Å²) in [6.45, 7) is 3.72. The van der Waals surface area contributed by atoms with Crippen LogP contribution in [0.15, 0.2) is 53.1 Å². The van der Waals surface area contributed by atoms with Gasteiger partial charge in [0.1, 0.15) is 5.69 Å². The SMILES string of the molecule is Cc1nc(-c2c(Cl)c3ccccc3n2-c2ccc(C(C)N)cc2)no1.Cl. The lowest BCUT2D eigenvalue weighted by molar-refractivity contribution is 0.394. The summed E-state index contributed by atoms with van der Waals surface area (Å²) in [5.41, 5.74) is 9.70. The molecule has 2 aromatic carbocycles. The zero-order chi connectivity index (χ0) is 17.6. The molecule has 0 saturated carbocycles. The summed E-state index contributed by atoms with van der Waals surface area (Å²) in [6.07, 6.45) is 0. The lowest BCUT2D eigenvalue weighted by atomic mass is 10.1. The van der Waals surface area contributed by atoms with E-state index in [1.165, 1.54) is 0 Å². The van der Waals surface area contributed by atoms with E-state index in [9.17, 15) is 0 Å². The van der Waals surface area contributed by atoms with Gasteiger partial charge in [0.15, 0.2) is 0 Å². The van der Waals surface area contributed by atoms with Crippen LogP contribution in [-0.4, -0.2) is 14.7 Å². The van der Waals surface area contributed by atoms with E-state index < -0.39 is 0 Å². The summed E-state index contributed by atoms with van der Waals surface area (Å²) < 4.78 is 7.21. The molecule has 5 nitrogen and oxygen atoms in total. The zero-order valence-corrected chi connectivity index (χ0v) is 15.9. The summed E-state index contributed by atoms with van der Waals surface area (Å²) in [5.74, 6) is 0.963. The number of benzene rings is 2. The minimum atomic E-state index is -0.0154. The lowest BCUT2D eigenvalue weighted by Crippen LogP contribution is -2.05. The molecule has 0 saturated heterocycles. The highest BCUT2D eigenvalue weighted by Gasteiger charge is 2.22. The number of nitrogens with zero attached hydrogens (tertiary/aromatic N) is 3. The van der Waals surface area contributed by atoms with Gasteiger partial charge in [-0.05, 0) is 30.7 Å². The Labute approximate surface area is 162 Å². The van der Waals surface area contributed by atoms with Gasteiger partial charge in [-0.1, -0.05) is 47.1 Å². The molecule has 0 aliphatic carbocycles. The number of aryl methyl sites for hydroxylation is 1. The molecule has 4 rings (SSSR count). The van der Waals surface area contributed by atoms with Crippen molar-refractivity contribution in [2.75, 3.05) is 0 Å². The Hall–Kier alpha value is -2.34. The molecule has 1 unspecified atom stereocenters. The van der Waals surface area contributed by atoms with Crippen LogP contribution in [0.4, 0.5) is 0 Å². The molecule has 1 atom stereocenters. The summed E-state index contributed by atoms with van der Waals surface area (Å²) in [7, 11) is 0. The van der Waals surface area contributed by atoms with Crippen LogP contribution in [-0.2, 0) is 0 Å².